The fourth-order valence-corrected chi connectivity index (χ4v) is 0.600. The van der Waals surface area contributed by atoms with Gasteiger partial charge in [-0.2, -0.15) is 4.39 Å². The number of nitro benzene ring substituents is 1. The average Bonchev–Trinajstić information content (AvgIpc) is 2.06. The van der Waals surface area contributed by atoms with Crippen LogP contribution in [0.15, 0.2) is 24.3 Å². The highest BCUT2D eigenvalue weighted by atomic mass is 19.1. The SMILES string of the molecule is CCN.O=[N+]([O-])c1ccccc1F. The van der Waals surface area contributed by atoms with E-state index in [9.17, 15) is 14.5 Å². The Labute approximate surface area is 75.3 Å². The summed E-state index contributed by atoms with van der Waals surface area (Å²) >= 11 is 0. The Hall–Kier alpha value is -1.49. The van der Waals surface area contributed by atoms with Gasteiger partial charge in [-0.3, -0.25) is 10.1 Å². The molecule has 1 rings (SSSR count). The van der Waals surface area contributed by atoms with E-state index in [1.54, 1.807) is 0 Å². The molecule has 0 heterocycles. The van der Waals surface area contributed by atoms with Gasteiger partial charge in [0.05, 0.1) is 4.92 Å². The molecule has 13 heavy (non-hydrogen) atoms. The van der Waals surface area contributed by atoms with Gasteiger partial charge < -0.3 is 5.73 Å². The van der Waals surface area contributed by atoms with Gasteiger partial charge in [0.2, 0.25) is 5.82 Å². The number of nitrogens with zero attached hydrogens (tertiary/aromatic N) is 1. The van der Waals surface area contributed by atoms with E-state index in [1.165, 1.54) is 12.1 Å². The smallest absolute Gasteiger partial charge is 0.304 e. The van der Waals surface area contributed by atoms with Crippen LogP contribution in [0.1, 0.15) is 6.92 Å². The largest absolute Gasteiger partial charge is 0.331 e. The van der Waals surface area contributed by atoms with E-state index in [2.05, 4.69) is 0 Å². The summed E-state index contributed by atoms with van der Waals surface area (Å²) in [5, 5.41) is 9.99. The summed E-state index contributed by atoms with van der Waals surface area (Å²) < 4.78 is 12.4. The van der Waals surface area contributed by atoms with Crippen molar-refractivity contribution in [3.63, 3.8) is 0 Å². The minimum Gasteiger partial charge on any atom is -0.331 e. The lowest BCUT2D eigenvalue weighted by Gasteiger charge is -1.89. The molecular weight excluding hydrogens is 175 g/mol. The van der Waals surface area contributed by atoms with Crippen molar-refractivity contribution < 1.29 is 9.31 Å². The zero-order valence-corrected chi connectivity index (χ0v) is 7.24. The van der Waals surface area contributed by atoms with Crippen LogP contribution in [0.5, 0.6) is 0 Å². The summed E-state index contributed by atoms with van der Waals surface area (Å²) in [6.45, 7) is 2.65. The van der Waals surface area contributed by atoms with Crippen LogP contribution in [-0.4, -0.2) is 11.5 Å². The molecule has 5 heteroatoms. The molecule has 0 saturated carbocycles. The highest BCUT2D eigenvalue weighted by molar-refractivity contribution is 5.30. The zero-order valence-electron chi connectivity index (χ0n) is 7.24. The Bertz CT molecular complexity index is 279. The summed E-state index contributed by atoms with van der Waals surface area (Å²) in [6.07, 6.45) is 0. The van der Waals surface area contributed by atoms with Crippen molar-refractivity contribution in [2.45, 2.75) is 6.92 Å². The molecule has 0 atom stereocenters. The van der Waals surface area contributed by atoms with E-state index < -0.39 is 16.4 Å². The molecule has 0 aromatic heterocycles. The second-order valence-electron chi connectivity index (χ2n) is 2.12. The minimum atomic E-state index is -0.799. The fourth-order valence-electron chi connectivity index (χ4n) is 0.600. The highest BCUT2D eigenvalue weighted by Crippen LogP contribution is 2.14. The van der Waals surface area contributed by atoms with Gasteiger partial charge in [-0.1, -0.05) is 19.1 Å². The van der Waals surface area contributed by atoms with Crippen molar-refractivity contribution >= 4 is 5.69 Å². The summed E-state index contributed by atoms with van der Waals surface area (Å²) in [7, 11) is 0. The fraction of sp³-hybridized carbons (Fsp3) is 0.250. The number of benzene rings is 1. The van der Waals surface area contributed by atoms with Gasteiger partial charge in [0.15, 0.2) is 0 Å². The molecule has 0 amide bonds. The maximum Gasteiger partial charge on any atom is 0.304 e. The third-order valence-electron chi connectivity index (χ3n) is 1.05. The second kappa shape index (κ2) is 6.07. The monoisotopic (exact) mass is 186 g/mol. The van der Waals surface area contributed by atoms with Crippen LogP contribution in [-0.2, 0) is 0 Å². The van der Waals surface area contributed by atoms with E-state index in [4.69, 9.17) is 5.73 Å². The topological polar surface area (TPSA) is 69.2 Å². The molecule has 0 radical (unpaired) electrons. The zero-order chi connectivity index (χ0) is 10.3. The first-order valence-electron chi connectivity index (χ1n) is 3.72. The highest BCUT2D eigenvalue weighted by Gasteiger charge is 2.09. The van der Waals surface area contributed by atoms with Crippen LogP contribution in [0.2, 0.25) is 0 Å². The molecule has 0 fully saturated rings. The lowest BCUT2D eigenvalue weighted by molar-refractivity contribution is -0.387. The van der Waals surface area contributed by atoms with Crippen molar-refractivity contribution in [3.05, 3.63) is 40.2 Å². The van der Waals surface area contributed by atoms with Crippen molar-refractivity contribution in [1.82, 2.24) is 0 Å². The summed E-state index contributed by atoms with van der Waals surface area (Å²) in [5.74, 6) is -0.799. The number of hydrogen-bond donors (Lipinski definition) is 1. The van der Waals surface area contributed by atoms with E-state index in [0.717, 1.165) is 18.7 Å². The van der Waals surface area contributed by atoms with E-state index >= 15 is 0 Å². The molecule has 0 unspecified atom stereocenters. The predicted molar refractivity (Wildman–Crippen MR) is 47.8 cm³/mol. The standard InChI is InChI=1S/C6H4FNO2.C2H7N/c7-5-3-1-2-4-6(5)8(9)10;1-2-3/h1-4H;2-3H2,1H3. The number of halogens is 1. The Morgan fingerprint density at radius 1 is 1.54 bits per heavy atom. The third-order valence-corrected chi connectivity index (χ3v) is 1.05. The molecular formula is C8H11FN2O2. The summed E-state index contributed by atoms with van der Waals surface area (Å²) in [4.78, 5) is 9.23. The minimum absolute atomic E-state index is 0.484. The second-order valence-corrected chi connectivity index (χ2v) is 2.12. The summed E-state index contributed by atoms with van der Waals surface area (Å²) in [5.41, 5.74) is 4.36. The molecule has 0 aliphatic rings. The quantitative estimate of drug-likeness (QED) is 0.536. The van der Waals surface area contributed by atoms with Gasteiger partial charge in [-0.05, 0) is 12.6 Å². The molecule has 4 nitrogen and oxygen atoms in total. The van der Waals surface area contributed by atoms with Crippen LogP contribution < -0.4 is 5.73 Å². The molecule has 0 saturated heterocycles. The van der Waals surface area contributed by atoms with Gasteiger partial charge in [-0.15, -0.1) is 0 Å². The van der Waals surface area contributed by atoms with Crippen LogP contribution >= 0.6 is 0 Å². The van der Waals surface area contributed by atoms with Gasteiger partial charge >= 0.3 is 5.69 Å². The van der Waals surface area contributed by atoms with Crippen molar-refractivity contribution in [1.29, 1.82) is 0 Å². The molecule has 1 aromatic carbocycles. The molecule has 0 aliphatic carbocycles. The maximum absolute atomic E-state index is 12.4. The maximum atomic E-state index is 12.4. The van der Waals surface area contributed by atoms with E-state index in [1.807, 2.05) is 6.92 Å². The first-order valence-corrected chi connectivity index (χ1v) is 3.72. The third kappa shape index (κ3) is 4.17. The normalized spacial score (nSPS) is 8.54. The lowest BCUT2D eigenvalue weighted by atomic mass is 10.3. The van der Waals surface area contributed by atoms with Crippen LogP contribution in [0.3, 0.4) is 0 Å². The predicted octanol–water partition coefficient (Wildman–Crippen LogP) is 1.70. The van der Waals surface area contributed by atoms with E-state index in [-0.39, 0.29) is 0 Å². The number of hydrogen-bond acceptors (Lipinski definition) is 3. The van der Waals surface area contributed by atoms with Gasteiger partial charge in [0.25, 0.3) is 0 Å². The van der Waals surface area contributed by atoms with Crippen molar-refractivity contribution in [2.75, 3.05) is 6.54 Å². The van der Waals surface area contributed by atoms with Gasteiger partial charge in [0.1, 0.15) is 0 Å². The van der Waals surface area contributed by atoms with E-state index in [0.29, 0.717) is 0 Å². The molecule has 1 aromatic rings. The first-order chi connectivity index (χ1) is 6.13. The molecule has 0 aliphatic heterocycles. The number of nitro groups is 1. The summed E-state index contributed by atoms with van der Waals surface area (Å²) in [6, 6.07) is 5.00. The van der Waals surface area contributed by atoms with Crippen LogP contribution in [0.25, 0.3) is 0 Å². The van der Waals surface area contributed by atoms with Gasteiger partial charge in [-0.25, -0.2) is 0 Å². The Morgan fingerprint density at radius 2 is 2.00 bits per heavy atom. The Balaban J connectivity index is 0.000000424. The van der Waals surface area contributed by atoms with Crippen LogP contribution in [0, 0.1) is 15.9 Å². The Kier molecular flexibility index (Phi) is 5.38. The lowest BCUT2D eigenvalue weighted by Crippen LogP contribution is -1.90. The molecule has 72 valence electrons. The van der Waals surface area contributed by atoms with Crippen LogP contribution in [0.4, 0.5) is 10.1 Å². The Morgan fingerprint density at radius 3 is 2.31 bits per heavy atom. The number of rotatable bonds is 1. The van der Waals surface area contributed by atoms with Crippen molar-refractivity contribution in [2.24, 2.45) is 5.73 Å². The molecule has 0 spiro atoms. The average molecular weight is 186 g/mol. The molecule has 0 bridgehead atoms. The molecule has 2 N–H and O–H groups in total. The number of nitrogens with two attached hydrogens (primary N) is 1. The number of para-hydroxylation sites is 1. The van der Waals surface area contributed by atoms with Gasteiger partial charge in [0, 0.05) is 6.07 Å². The first kappa shape index (κ1) is 11.5. The van der Waals surface area contributed by atoms with Crippen molar-refractivity contribution in [3.8, 4) is 0 Å².